The van der Waals surface area contributed by atoms with Gasteiger partial charge in [0.15, 0.2) is 0 Å². The SMILES string of the molecule is CCC1CCCCN1C(=O)C(C)N1C[C@@H](C(F)(F)F)[C@H](C(=O)O)C1.Cl. The van der Waals surface area contributed by atoms with Crippen molar-refractivity contribution in [1.82, 2.24) is 9.80 Å². The quantitative estimate of drug-likeness (QED) is 0.807. The largest absolute Gasteiger partial charge is 0.481 e. The molecule has 0 aliphatic carbocycles. The van der Waals surface area contributed by atoms with Crippen molar-refractivity contribution in [1.29, 1.82) is 0 Å². The number of hydrogen-bond acceptors (Lipinski definition) is 3. The first-order valence-electron chi connectivity index (χ1n) is 8.50. The molecule has 2 saturated heterocycles. The molecule has 2 heterocycles. The van der Waals surface area contributed by atoms with Crippen LogP contribution in [0.3, 0.4) is 0 Å². The highest BCUT2D eigenvalue weighted by Crippen LogP contribution is 2.38. The summed E-state index contributed by atoms with van der Waals surface area (Å²) in [4.78, 5) is 27.1. The van der Waals surface area contributed by atoms with Crippen LogP contribution in [0.15, 0.2) is 0 Å². The van der Waals surface area contributed by atoms with Crippen molar-refractivity contribution in [2.45, 2.75) is 57.8 Å². The molecule has 2 rings (SSSR count). The Kier molecular flexibility index (Phi) is 7.55. The molecule has 0 aromatic heterocycles. The van der Waals surface area contributed by atoms with E-state index >= 15 is 0 Å². The molecular formula is C16H26ClF3N2O3. The monoisotopic (exact) mass is 386 g/mol. The molecule has 25 heavy (non-hydrogen) atoms. The van der Waals surface area contributed by atoms with E-state index in [1.54, 1.807) is 11.8 Å². The van der Waals surface area contributed by atoms with Crippen LogP contribution in [-0.4, -0.2) is 64.7 Å². The minimum atomic E-state index is -4.57. The van der Waals surface area contributed by atoms with Crippen LogP contribution >= 0.6 is 12.4 Å². The van der Waals surface area contributed by atoms with Gasteiger partial charge in [-0.25, -0.2) is 0 Å². The van der Waals surface area contributed by atoms with Crippen LogP contribution in [0.1, 0.15) is 39.5 Å². The molecule has 0 bridgehead atoms. The van der Waals surface area contributed by atoms with E-state index in [1.807, 2.05) is 6.92 Å². The number of carboxylic acid groups (broad SMARTS) is 1. The Bertz CT molecular complexity index is 490. The van der Waals surface area contributed by atoms with Crippen molar-refractivity contribution in [2.24, 2.45) is 11.8 Å². The Morgan fingerprint density at radius 3 is 2.36 bits per heavy atom. The molecule has 2 fully saturated rings. The number of halogens is 4. The molecule has 0 spiro atoms. The first kappa shape index (κ1) is 22.0. The molecule has 9 heteroatoms. The number of likely N-dealkylation sites (tertiary alicyclic amines) is 2. The molecule has 1 N–H and O–H groups in total. The zero-order valence-electron chi connectivity index (χ0n) is 14.5. The van der Waals surface area contributed by atoms with Crippen LogP contribution in [0.25, 0.3) is 0 Å². The van der Waals surface area contributed by atoms with E-state index in [-0.39, 0.29) is 30.9 Å². The highest BCUT2D eigenvalue weighted by molar-refractivity contribution is 5.85. The number of amides is 1. The van der Waals surface area contributed by atoms with E-state index in [2.05, 4.69) is 0 Å². The molecule has 0 saturated carbocycles. The van der Waals surface area contributed by atoms with Crippen molar-refractivity contribution < 1.29 is 27.9 Å². The van der Waals surface area contributed by atoms with Crippen molar-refractivity contribution in [3.8, 4) is 0 Å². The summed E-state index contributed by atoms with van der Waals surface area (Å²) in [6.07, 6.45) is -0.883. The molecule has 0 aromatic rings. The standard InChI is InChI=1S/C16H25F3N2O3.ClH/c1-3-11-6-4-5-7-21(11)14(22)10(2)20-8-12(15(23)24)13(9-20)16(17,18)19;/h10-13H,3-9H2,1-2H3,(H,23,24);1H/t10?,11?,12-,13-;/m1./s1. The number of alkyl halides is 3. The minimum Gasteiger partial charge on any atom is -0.481 e. The van der Waals surface area contributed by atoms with Crippen LogP contribution < -0.4 is 0 Å². The highest BCUT2D eigenvalue weighted by Gasteiger charge is 2.54. The van der Waals surface area contributed by atoms with E-state index in [1.165, 1.54) is 4.90 Å². The van der Waals surface area contributed by atoms with Gasteiger partial charge in [0, 0.05) is 25.7 Å². The lowest BCUT2D eigenvalue weighted by Crippen LogP contribution is -2.52. The molecule has 5 nitrogen and oxygen atoms in total. The average molecular weight is 387 g/mol. The van der Waals surface area contributed by atoms with Gasteiger partial charge in [-0.3, -0.25) is 14.5 Å². The average Bonchev–Trinajstić information content (AvgIpc) is 2.99. The van der Waals surface area contributed by atoms with Crippen molar-refractivity contribution in [3.63, 3.8) is 0 Å². The van der Waals surface area contributed by atoms with E-state index < -0.39 is 36.6 Å². The maximum absolute atomic E-state index is 13.1. The van der Waals surface area contributed by atoms with Gasteiger partial charge < -0.3 is 10.0 Å². The topological polar surface area (TPSA) is 60.9 Å². The van der Waals surface area contributed by atoms with Gasteiger partial charge in [-0.2, -0.15) is 13.2 Å². The van der Waals surface area contributed by atoms with E-state index in [9.17, 15) is 22.8 Å². The van der Waals surface area contributed by atoms with Gasteiger partial charge in [0.25, 0.3) is 0 Å². The maximum atomic E-state index is 13.1. The first-order chi connectivity index (χ1) is 11.2. The number of hydrogen-bond donors (Lipinski definition) is 1. The molecule has 0 radical (unpaired) electrons. The van der Waals surface area contributed by atoms with Crippen molar-refractivity contribution in [3.05, 3.63) is 0 Å². The summed E-state index contributed by atoms with van der Waals surface area (Å²) in [7, 11) is 0. The molecule has 2 unspecified atom stereocenters. The van der Waals surface area contributed by atoms with Crippen molar-refractivity contribution in [2.75, 3.05) is 19.6 Å². The molecular weight excluding hydrogens is 361 g/mol. The van der Waals surface area contributed by atoms with Gasteiger partial charge >= 0.3 is 12.1 Å². The Labute approximate surface area is 151 Å². The fraction of sp³-hybridized carbons (Fsp3) is 0.875. The maximum Gasteiger partial charge on any atom is 0.393 e. The smallest absolute Gasteiger partial charge is 0.393 e. The summed E-state index contributed by atoms with van der Waals surface area (Å²) in [5.74, 6) is -5.07. The third kappa shape index (κ3) is 4.78. The first-order valence-corrected chi connectivity index (χ1v) is 8.50. The van der Waals surface area contributed by atoms with Crippen LogP contribution in [0, 0.1) is 11.8 Å². The predicted molar refractivity (Wildman–Crippen MR) is 88.6 cm³/mol. The number of aliphatic carboxylic acids is 1. The Morgan fingerprint density at radius 2 is 1.88 bits per heavy atom. The molecule has 4 atom stereocenters. The summed E-state index contributed by atoms with van der Waals surface area (Å²) < 4.78 is 39.3. The zero-order valence-corrected chi connectivity index (χ0v) is 15.3. The second-order valence-electron chi connectivity index (χ2n) is 6.81. The van der Waals surface area contributed by atoms with E-state index in [0.29, 0.717) is 6.54 Å². The predicted octanol–water partition coefficient (Wildman–Crippen LogP) is 2.78. The normalized spacial score (nSPS) is 29.2. The number of piperidine rings is 1. The van der Waals surface area contributed by atoms with Gasteiger partial charge in [-0.15, -0.1) is 12.4 Å². The summed E-state index contributed by atoms with van der Waals surface area (Å²) in [5.41, 5.74) is 0. The molecule has 0 aromatic carbocycles. The van der Waals surface area contributed by atoms with Crippen LogP contribution in [-0.2, 0) is 9.59 Å². The van der Waals surface area contributed by atoms with Gasteiger partial charge in [0.1, 0.15) is 0 Å². The van der Waals surface area contributed by atoms with E-state index in [4.69, 9.17) is 5.11 Å². The molecule has 1 amide bonds. The van der Waals surface area contributed by atoms with Crippen LogP contribution in [0.5, 0.6) is 0 Å². The fourth-order valence-electron chi connectivity index (χ4n) is 3.84. The Morgan fingerprint density at radius 1 is 1.24 bits per heavy atom. The second-order valence-corrected chi connectivity index (χ2v) is 6.81. The van der Waals surface area contributed by atoms with Gasteiger partial charge in [-0.1, -0.05) is 6.92 Å². The van der Waals surface area contributed by atoms with Gasteiger partial charge in [-0.05, 0) is 32.6 Å². The lowest BCUT2D eigenvalue weighted by molar-refractivity contribution is -0.188. The van der Waals surface area contributed by atoms with Gasteiger partial charge in [0.05, 0.1) is 17.9 Å². The third-order valence-corrected chi connectivity index (χ3v) is 5.37. The number of nitrogens with zero attached hydrogens (tertiary/aromatic N) is 2. The number of carbonyl (C=O) groups is 2. The molecule has 2 aliphatic rings. The van der Waals surface area contributed by atoms with Crippen molar-refractivity contribution >= 4 is 24.3 Å². The fourth-order valence-corrected chi connectivity index (χ4v) is 3.84. The lowest BCUT2D eigenvalue weighted by Gasteiger charge is -2.38. The zero-order chi connectivity index (χ0) is 18.1. The summed E-state index contributed by atoms with van der Waals surface area (Å²) in [6, 6.07) is -0.601. The van der Waals surface area contributed by atoms with Crippen LogP contribution in [0.4, 0.5) is 13.2 Å². The minimum absolute atomic E-state index is 0. The Balaban J connectivity index is 0.00000312. The second kappa shape index (κ2) is 8.58. The Hall–Kier alpha value is -1.02. The number of carbonyl (C=O) groups excluding carboxylic acids is 1. The summed E-state index contributed by atoms with van der Waals surface area (Å²) in [6.45, 7) is 3.54. The lowest BCUT2D eigenvalue weighted by atomic mass is 9.96. The summed E-state index contributed by atoms with van der Waals surface area (Å²) in [5, 5.41) is 9.09. The van der Waals surface area contributed by atoms with Gasteiger partial charge in [0.2, 0.25) is 5.91 Å². The number of carboxylic acids is 1. The molecule has 2 aliphatic heterocycles. The summed E-state index contributed by atoms with van der Waals surface area (Å²) >= 11 is 0. The van der Waals surface area contributed by atoms with E-state index in [0.717, 1.165) is 25.7 Å². The van der Waals surface area contributed by atoms with Crippen LogP contribution in [0.2, 0.25) is 0 Å². The number of rotatable bonds is 4. The molecule has 146 valence electrons. The third-order valence-electron chi connectivity index (χ3n) is 5.37. The highest BCUT2D eigenvalue weighted by atomic mass is 35.5.